The Morgan fingerprint density at radius 3 is 2.76 bits per heavy atom. The number of amides is 1. The van der Waals surface area contributed by atoms with Crippen LogP contribution in [0.3, 0.4) is 0 Å². The first-order valence-corrected chi connectivity index (χ1v) is 8.50. The van der Waals surface area contributed by atoms with Crippen molar-refractivity contribution in [3.8, 4) is 0 Å². The Bertz CT molecular complexity index is 483. The maximum Gasteiger partial charge on any atom is 0.265 e. The predicted molar refractivity (Wildman–Crippen MR) is 82.4 cm³/mol. The van der Waals surface area contributed by atoms with E-state index >= 15 is 0 Å². The molecule has 21 heavy (non-hydrogen) atoms. The van der Waals surface area contributed by atoms with Crippen LogP contribution in [0.15, 0.2) is 11.7 Å². The van der Waals surface area contributed by atoms with E-state index < -0.39 is 0 Å². The molecule has 0 bridgehead atoms. The molecule has 5 nitrogen and oxygen atoms in total. The second-order valence-corrected chi connectivity index (χ2v) is 7.30. The average molecular weight is 309 g/mol. The molecule has 0 aromatic carbocycles. The summed E-state index contributed by atoms with van der Waals surface area (Å²) < 4.78 is 0. The zero-order valence-corrected chi connectivity index (χ0v) is 13.3. The minimum absolute atomic E-state index is 0.0683. The van der Waals surface area contributed by atoms with Crippen molar-refractivity contribution in [1.29, 1.82) is 0 Å². The van der Waals surface area contributed by atoms with Crippen molar-refractivity contribution in [2.75, 3.05) is 39.8 Å². The Hall–Kier alpha value is -0.980. The molecule has 1 aromatic rings. The summed E-state index contributed by atoms with van der Waals surface area (Å²) in [5.74, 6) is 0.274. The molecule has 2 aliphatic heterocycles. The van der Waals surface area contributed by atoms with Crippen LogP contribution in [0, 0.1) is 11.3 Å². The van der Waals surface area contributed by atoms with E-state index in [1.165, 1.54) is 11.3 Å². The molecule has 116 valence electrons. The molecular formula is C15H23N3O2S. The van der Waals surface area contributed by atoms with E-state index in [2.05, 4.69) is 16.9 Å². The van der Waals surface area contributed by atoms with Crippen LogP contribution in [0.2, 0.25) is 0 Å². The van der Waals surface area contributed by atoms with E-state index in [9.17, 15) is 9.90 Å². The van der Waals surface area contributed by atoms with Crippen LogP contribution in [-0.2, 0) is 0 Å². The Morgan fingerprint density at radius 1 is 1.43 bits per heavy atom. The van der Waals surface area contributed by atoms with E-state index in [-0.39, 0.29) is 23.8 Å². The van der Waals surface area contributed by atoms with Gasteiger partial charge in [0.05, 0.1) is 11.7 Å². The highest BCUT2D eigenvalue weighted by atomic mass is 32.1. The lowest BCUT2D eigenvalue weighted by molar-refractivity contribution is -0.0312. The fourth-order valence-corrected chi connectivity index (χ4v) is 4.33. The highest BCUT2D eigenvalue weighted by Crippen LogP contribution is 2.45. The van der Waals surface area contributed by atoms with E-state index in [0.29, 0.717) is 11.4 Å². The summed E-state index contributed by atoms with van der Waals surface area (Å²) in [5.41, 5.74) is 1.92. The zero-order valence-electron chi connectivity index (χ0n) is 12.5. The molecule has 2 aliphatic rings. The molecule has 0 radical (unpaired) electrons. The van der Waals surface area contributed by atoms with Crippen LogP contribution in [0.25, 0.3) is 0 Å². The molecule has 3 heterocycles. The number of aromatic nitrogens is 1. The van der Waals surface area contributed by atoms with Gasteiger partial charge in [-0.3, -0.25) is 9.78 Å². The van der Waals surface area contributed by atoms with Crippen LogP contribution in [0.1, 0.15) is 28.9 Å². The lowest BCUT2D eigenvalue weighted by Gasteiger charge is -2.51. The molecule has 2 fully saturated rings. The van der Waals surface area contributed by atoms with Crippen LogP contribution in [0.4, 0.5) is 0 Å². The maximum absolute atomic E-state index is 12.5. The second kappa shape index (κ2) is 6.02. The fourth-order valence-electron chi connectivity index (χ4n) is 3.75. The number of hydrogen-bond acceptors (Lipinski definition) is 5. The molecule has 0 unspecified atom stereocenters. The van der Waals surface area contributed by atoms with Gasteiger partial charge < -0.3 is 14.9 Å². The van der Waals surface area contributed by atoms with Crippen LogP contribution in [0.5, 0.6) is 0 Å². The summed E-state index contributed by atoms with van der Waals surface area (Å²) in [7, 11) is 2.16. The summed E-state index contributed by atoms with van der Waals surface area (Å²) in [6.07, 6.45) is 4.92. The Balaban J connectivity index is 1.70. The topological polar surface area (TPSA) is 56.7 Å². The largest absolute Gasteiger partial charge is 0.396 e. The maximum atomic E-state index is 12.5. The first kappa shape index (κ1) is 14.9. The summed E-state index contributed by atoms with van der Waals surface area (Å²) in [4.78, 5) is 21.4. The van der Waals surface area contributed by atoms with Gasteiger partial charge in [-0.2, -0.15) is 0 Å². The van der Waals surface area contributed by atoms with Gasteiger partial charge in [0.1, 0.15) is 4.88 Å². The molecule has 1 N–H and O–H groups in total. The first-order valence-electron chi connectivity index (χ1n) is 7.62. The number of nitrogens with zero attached hydrogens (tertiary/aromatic N) is 3. The van der Waals surface area contributed by atoms with Crippen LogP contribution >= 0.6 is 11.3 Å². The van der Waals surface area contributed by atoms with E-state index in [0.717, 1.165) is 38.9 Å². The lowest BCUT2D eigenvalue weighted by Crippen LogP contribution is -2.54. The minimum atomic E-state index is 0.0683. The first-order chi connectivity index (χ1) is 10.1. The SMILES string of the molecule is CN1CCC2(CC1)CCN(C(=O)c1cncs1)C[C@H]2CO. The van der Waals surface area contributed by atoms with Crippen molar-refractivity contribution in [2.24, 2.45) is 11.3 Å². The van der Waals surface area contributed by atoms with E-state index in [4.69, 9.17) is 0 Å². The molecule has 1 spiro atoms. The van der Waals surface area contributed by atoms with Crippen molar-refractivity contribution in [3.05, 3.63) is 16.6 Å². The van der Waals surface area contributed by atoms with Gasteiger partial charge >= 0.3 is 0 Å². The van der Waals surface area contributed by atoms with Crippen molar-refractivity contribution in [1.82, 2.24) is 14.8 Å². The predicted octanol–water partition coefficient (Wildman–Crippen LogP) is 1.31. The Labute approximate surface area is 129 Å². The van der Waals surface area contributed by atoms with E-state index in [1.807, 2.05) is 4.90 Å². The highest BCUT2D eigenvalue weighted by Gasteiger charge is 2.45. The Kier molecular flexibility index (Phi) is 4.28. The van der Waals surface area contributed by atoms with E-state index in [1.54, 1.807) is 11.7 Å². The van der Waals surface area contributed by atoms with Gasteiger partial charge in [-0.25, -0.2) is 0 Å². The summed E-state index contributed by atoms with van der Waals surface area (Å²) >= 11 is 1.39. The number of likely N-dealkylation sites (tertiary alicyclic amines) is 2. The van der Waals surface area contributed by atoms with Crippen molar-refractivity contribution in [3.63, 3.8) is 0 Å². The smallest absolute Gasteiger partial charge is 0.265 e. The van der Waals surface area contributed by atoms with Crippen molar-refractivity contribution >= 4 is 17.2 Å². The second-order valence-electron chi connectivity index (χ2n) is 6.41. The molecule has 1 aromatic heterocycles. The molecule has 2 saturated heterocycles. The van der Waals surface area contributed by atoms with Crippen LogP contribution < -0.4 is 0 Å². The number of rotatable bonds is 2. The molecule has 1 amide bonds. The molecule has 3 rings (SSSR count). The molecule has 0 aliphatic carbocycles. The van der Waals surface area contributed by atoms with Gasteiger partial charge in [-0.1, -0.05) is 0 Å². The standard InChI is InChI=1S/C15H23N3O2S/c1-17-5-2-15(3-6-17)4-7-18(9-12(15)10-19)14(20)13-8-16-11-21-13/h8,11-12,19H,2-7,9-10H2,1H3/t12-/m0/s1. The van der Waals surface area contributed by atoms with Gasteiger partial charge in [0.2, 0.25) is 0 Å². The number of piperidine rings is 2. The monoisotopic (exact) mass is 309 g/mol. The summed E-state index contributed by atoms with van der Waals surface area (Å²) in [5, 5.41) is 9.84. The molecule has 6 heteroatoms. The lowest BCUT2D eigenvalue weighted by atomic mass is 9.64. The number of aliphatic hydroxyl groups is 1. The number of carbonyl (C=O) groups excluding carboxylic acids is 1. The fraction of sp³-hybridized carbons (Fsp3) is 0.733. The highest BCUT2D eigenvalue weighted by molar-refractivity contribution is 7.11. The molecule has 1 atom stereocenters. The van der Waals surface area contributed by atoms with Crippen molar-refractivity contribution in [2.45, 2.75) is 19.3 Å². The Morgan fingerprint density at radius 2 is 2.14 bits per heavy atom. The third-order valence-electron chi connectivity index (χ3n) is 5.32. The average Bonchev–Trinajstić information content (AvgIpc) is 3.04. The quantitative estimate of drug-likeness (QED) is 0.895. The number of hydrogen-bond donors (Lipinski definition) is 1. The third-order valence-corrected chi connectivity index (χ3v) is 6.08. The van der Waals surface area contributed by atoms with Gasteiger partial charge in [0, 0.05) is 25.6 Å². The van der Waals surface area contributed by atoms with Crippen LogP contribution in [-0.4, -0.2) is 65.6 Å². The minimum Gasteiger partial charge on any atom is -0.396 e. The number of thiazole rings is 1. The van der Waals surface area contributed by atoms with Gasteiger partial charge in [-0.15, -0.1) is 11.3 Å². The summed E-state index contributed by atoms with van der Waals surface area (Å²) in [6, 6.07) is 0. The van der Waals surface area contributed by atoms with Crippen molar-refractivity contribution < 1.29 is 9.90 Å². The molecular weight excluding hydrogens is 286 g/mol. The third kappa shape index (κ3) is 2.84. The normalized spacial score (nSPS) is 26.2. The van der Waals surface area contributed by atoms with Gasteiger partial charge in [-0.05, 0) is 44.8 Å². The number of carbonyl (C=O) groups is 1. The van der Waals surface area contributed by atoms with Gasteiger partial charge in [0.15, 0.2) is 0 Å². The zero-order chi connectivity index (χ0) is 14.9. The van der Waals surface area contributed by atoms with Gasteiger partial charge in [0.25, 0.3) is 5.91 Å². The number of aliphatic hydroxyl groups excluding tert-OH is 1. The summed E-state index contributed by atoms with van der Waals surface area (Å²) in [6.45, 7) is 3.85. The molecule has 0 saturated carbocycles.